The fourth-order valence-electron chi connectivity index (χ4n) is 1.69. The summed E-state index contributed by atoms with van der Waals surface area (Å²) in [6.45, 7) is 4.69. The zero-order valence-electron chi connectivity index (χ0n) is 11.3. The van der Waals surface area contributed by atoms with Crippen LogP contribution in [0.3, 0.4) is 0 Å². The van der Waals surface area contributed by atoms with Gasteiger partial charge in [0.25, 0.3) is 0 Å². The SMILES string of the molecule is CCNC(=O)CCOc1ccccc1C(CC)=NO. The van der Waals surface area contributed by atoms with Crippen LogP contribution in [-0.2, 0) is 4.79 Å². The highest BCUT2D eigenvalue weighted by Gasteiger charge is 2.09. The lowest BCUT2D eigenvalue weighted by molar-refractivity contribution is -0.121. The normalized spacial score (nSPS) is 11.2. The molecule has 0 bridgehead atoms. The molecule has 0 atom stereocenters. The van der Waals surface area contributed by atoms with Crippen LogP contribution in [0, 0.1) is 0 Å². The van der Waals surface area contributed by atoms with Gasteiger partial charge in [0.15, 0.2) is 0 Å². The van der Waals surface area contributed by atoms with Crippen LogP contribution in [0.4, 0.5) is 0 Å². The summed E-state index contributed by atoms with van der Waals surface area (Å²) in [6, 6.07) is 7.33. The Hall–Kier alpha value is -2.04. The molecule has 2 N–H and O–H groups in total. The quantitative estimate of drug-likeness (QED) is 0.450. The highest BCUT2D eigenvalue weighted by atomic mass is 16.5. The second kappa shape index (κ2) is 8.13. The molecule has 0 spiro atoms. The number of hydrogen-bond donors (Lipinski definition) is 2. The van der Waals surface area contributed by atoms with Crippen molar-refractivity contribution in [1.29, 1.82) is 0 Å². The fraction of sp³-hybridized carbons (Fsp3) is 0.429. The van der Waals surface area contributed by atoms with Gasteiger partial charge in [-0.05, 0) is 25.5 Å². The zero-order valence-corrected chi connectivity index (χ0v) is 11.3. The summed E-state index contributed by atoms with van der Waals surface area (Å²) in [5, 5.41) is 14.9. The van der Waals surface area contributed by atoms with Gasteiger partial charge < -0.3 is 15.3 Å². The summed E-state index contributed by atoms with van der Waals surface area (Å²) in [4.78, 5) is 11.3. The van der Waals surface area contributed by atoms with Gasteiger partial charge in [-0.2, -0.15) is 0 Å². The van der Waals surface area contributed by atoms with E-state index in [1.54, 1.807) is 6.07 Å². The van der Waals surface area contributed by atoms with Crippen LogP contribution in [-0.4, -0.2) is 30.0 Å². The van der Waals surface area contributed by atoms with Crippen LogP contribution < -0.4 is 10.1 Å². The molecule has 5 heteroatoms. The first-order valence-electron chi connectivity index (χ1n) is 6.42. The van der Waals surface area contributed by atoms with Crippen molar-refractivity contribution in [2.75, 3.05) is 13.2 Å². The number of hydrogen-bond acceptors (Lipinski definition) is 4. The third-order valence-corrected chi connectivity index (χ3v) is 2.61. The molecule has 19 heavy (non-hydrogen) atoms. The van der Waals surface area contributed by atoms with Gasteiger partial charge in [0.05, 0.1) is 18.7 Å². The first-order chi connectivity index (χ1) is 9.22. The van der Waals surface area contributed by atoms with E-state index in [1.165, 1.54) is 0 Å². The van der Waals surface area contributed by atoms with Crippen LogP contribution in [0.2, 0.25) is 0 Å². The minimum atomic E-state index is -0.0356. The second-order valence-electron chi connectivity index (χ2n) is 3.95. The molecule has 1 rings (SSSR count). The molecule has 1 amide bonds. The lowest BCUT2D eigenvalue weighted by atomic mass is 10.1. The lowest BCUT2D eigenvalue weighted by Gasteiger charge is -2.11. The van der Waals surface area contributed by atoms with Crippen molar-refractivity contribution in [2.24, 2.45) is 5.16 Å². The highest BCUT2D eigenvalue weighted by Crippen LogP contribution is 2.20. The molecule has 0 radical (unpaired) electrons. The van der Waals surface area contributed by atoms with Gasteiger partial charge in [-0.15, -0.1) is 0 Å². The van der Waals surface area contributed by atoms with Crippen molar-refractivity contribution in [1.82, 2.24) is 5.32 Å². The molecule has 0 fully saturated rings. The maximum absolute atomic E-state index is 11.3. The number of nitrogens with one attached hydrogen (secondary N) is 1. The van der Waals surface area contributed by atoms with E-state index >= 15 is 0 Å². The zero-order chi connectivity index (χ0) is 14.1. The Morgan fingerprint density at radius 1 is 1.37 bits per heavy atom. The van der Waals surface area contributed by atoms with E-state index < -0.39 is 0 Å². The largest absolute Gasteiger partial charge is 0.492 e. The van der Waals surface area contributed by atoms with Crippen LogP contribution in [0.15, 0.2) is 29.4 Å². The van der Waals surface area contributed by atoms with Crippen LogP contribution in [0.1, 0.15) is 32.3 Å². The second-order valence-corrected chi connectivity index (χ2v) is 3.95. The van der Waals surface area contributed by atoms with Crippen molar-refractivity contribution < 1.29 is 14.7 Å². The molecule has 0 aliphatic heterocycles. The Morgan fingerprint density at radius 2 is 2.11 bits per heavy atom. The Labute approximate surface area is 113 Å². The van der Waals surface area contributed by atoms with E-state index in [1.807, 2.05) is 32.0 Å². The number of amides is 1. The van der Waals surface area contributed by atoms with Gasteiger partial charge in [0, 0.05) is 12.1 Å². The van der Waals surface area contributed by atoms with E-state index in [0.29, 0.717) is 37.5 Å². The Morgan fingerprint density at radius 3 is 2.74 bits per heavy atom. The van der Waals surface area contributed by atoms with Gasteiger partial charge in [-0.25, -0.2) is 0 Å². The number of para-hydroxylation sites is 1. The number of nitrogens with zero attached hydrogens (tertiary/aromatic N) is 1. The van der Waals surface area contributed by atoms with Gasteiger partial charge in [0.1, 0.15) is 5.75 Å². The minimum absolute atomic E-state index is 0.0356. The number of carbonyl (C=O) groups is 1. The first-order valence-corrected chi connectivity index (χ1v) is 6.42. The predicted octanol–water partition coefficient (Wildman–Crippen LogP) is 2.18. The summed E-state index contributed by atoms with van der Waals surface area (Å²) < 4.78 is 5.59. The van der Waals surface area contributed by atoms with Crippen molar-refractivity contribution >= 4 is 11.6 Å². The number of carbonyl (C=O) groups excluding carboxylic acids is 1. The van der Waals surface area contributed by atoms with E-state index in [-0.39, 0.29) is 5.91 Å². The van der Waals surface area contributed by atoms with Gasteiger partial charge >= 0.3 is 0 Å². The van der Waals surface area contributed by atoms with E-state index in [0.717, 1.165) is 5.56 Å². The van der Waals surface area contributed by atoms with E-state index in [4.69, 9.17) is 9.94 Å². The molecule has 0 saturated heterocycles. The van der Waals surface area contributed by atoms with Gasteiger partial charge in [-0.3, -0.25) is 4.79 Å². The Kier molecular flexibility index (Phi) is 6.43. The molecule has 104 valence electrons. The maximum atomic E-state index is 11.3. The van der Waals surface area contributed by atoms with Crippen LogP contribution in [0.5, 0.6) is 5.75 Å². The smallest absolute Gasteiger partial charge is 0.223 e. The molecule has 0 aliphatic carbocycles. The summed E-state index contributed by atoms with van der Waals surface area (Å²) >= 11 is 0. The topological polar surface area (TPSA) is 70.9 Å². The molecule has 0 aromatic heterocycles. The van der Waals surface area contributed by atoms with Crippen molar-refractivity contribution in [3.05, 3.63) is 29.8 Å². The Balaban J connectivity index is 2.66. The standard InChI is InChI=1S/C14H20N2O3/c1-3-12(16-18)11-7-5-6-8-13(11)19-10-9-14(17)15-4-2/h5-8,18H,3-4,9-10H2,1-2H3,(H,15,17). The molecule has 0 heterocycles. The average molecular weight is 264 g/mol. The minimum Gasteiger partial charge on any atom is -0.492 e. The van der Waals surface area contributed by atoms with Crippen LogP contribution >= 0.6 is 0 Å². The van der Waals surface area contributed by atoms with Gasteiger partial charge in [0.2, 0.25) is 5.91 Å². The third kappa shape index (κ3) is 4.62. The third-order valence-electron chi connectivity index (χ3n) is 2.61. The molecule has 5 nitrogen and oxygen atoms in total. The number of oxime groups is 1. The average Bonchev–Trinajstić information content (AvgIpc) is 2.42. The molecular weight excluding hydrogens is 244 g/mol. The summed E-state index contributed by atoms with van der Waals surface area (Å²) in [5.74, 6) is 0.591. The molecular formula is C14H20N2O3. The number of benzene rings is 1. The fourth-order valence-corrected chi connectivity index (χ4v) is 1.69. The Bertz CT molecular complexity index is 444. The lowest BCUT2D eigenvalue weighted by Crippen LogP contribution is -2.24. The van der Waals surface area contributed by atoms with Gasteiger partial charge in [-0.1, -0.05) is 24.2 Å². The molecule has 0 aliphatic rings. The number of rotatable bonds is 7. The maximum Gasteiger partial charge on any atom is 0.223 e. The number of ether oxygens (including phenoxy) is 1. The van der Waals surface area contributed by atoms with E-state index in [9.17, 15) is 4.79 Å². The van der Waals surface area contributed by atoms with Crippen molar-refractivity contribution in [3.8, 4) is 5.75 Å². The molecule has 0 saturated carbocycles. The van der Waals surface area contributed by atoms with Crippen molar-refractivity contribution in [3.63, 3.8) is 0 Å². The van der Waals surface area contributed by atoms with Crippen LogP contribution in [0.25, 0.3) is 0 Å². The summed E-state index contributed by atoms with van der Waals surface area (Å²) in [5.41, 5.74) is 1.32. The predicted molar refractivity (Wildman–Crippen MR) is 73.9 cm³/mol. The molecule has 1 aromatic rings. The first kappa shape index (κ1) is 15.0. The monoisotopic (exact) mass is 264 g/mol. The summed E-state index contributed by atoms with van der Waals surface area (Å²) in [7, 11) is 0. The highest BCUT2D eigenvalue weighted by molar-refractivity contribution is 6.02. The van der Waals surface area contributed by atoms with E-state index in [2.05, 4.69) is 10.5 Å². The van der Waals surface area contributed by atoms with Crippen molar-refractivity contribution in [2.45, 2.75) is 26.7 Å². The molecule has 0 unspecified atom stereocenters. The molecule has 1 aromatic carbocycles. The summed E-state index contributed by atoms with van der Waals surface area (Å²) in [6.07, 6.45) is 0.910.